The Morgan fingerprint density at radius 3 is 1.63 bits per heavy atom. The van der Waals surface area contributed by atoms with Crippen LogP contribution in [0.1, 0.15) is 112 Å². The lowest BCUT2D eigenvalue weighted by atomic mass is 9.83. The molecule has 0 radical (unpaired) electrons. The van der Waals surface area contributed by atoms with Crippen LogP contribution in [0.2, 0.25) is 10.0 Å². The second-order valence-electron chi connectivity index (χ2n) is 16.0. The molecule has 9 nitrogen and oxygen atoms in total. The molecule has 2 aliphatic carbocycles. The monoisotopic (exact) mass is 874 g/mol. The third kappa shape index (κ3) is 19.1. The number of nitrogens with one attached hydrogen (secondary N) is 1. The Hall–Kier alpha value is -1.66. The molecule has 4 N–H and O–H groups in total. The number of ether oxygens (including phenoxy) is 2. The molecule has 0 aromatic heterocycles. The van der Waals surface area contributed by atoms with E-state index in [1.165, 1.54) is 109 Å². The molecule has 2 heterocycles. The highest BCUT2D eigenvalue weighted by atomic mass is 35.5. The summed E-state index contributed by atoms with van der Waals surface area (Å²) in [6.07, 6.45) is 15.3. The van der Waals surface area contributed by atoms with Crippen molar-refractivity contribution in [3.8, 4) is 0 Å². The molecule has 4 aliphatic rings. The predicted octanol–water partition coefficient (Wildman–Crippen LogP) is 9.51. The van der Waals surface area contributed by atoms with Gasteiger partial charge in [0.25, 0.3) is 5.91 Å². The standard InChI is InChI=1S/C22H33ClN2O2.C15H30N2O.C7H5ClO2.2ClH/c1-2-27-16-17-6-5-13-25(14-17)15-19-7-3-4-8-21(19)24-22(26)18-9-11-20(23)12-10-18;1-2-18-12-13-6-5-9-17(10-13)11-14-7-3-4-8-15(14)16;8-6-3-1-5(2-4-6)7(9)10;;/h9-12,17,19,21H,2-8,13-16H2,1H3,(H,24,26);13-15H,2-12,16H2,1H3;1-4H,(H,9,10);2*1H/t17-,19-,21+;13-,14-,15+;;;/m11.../s1. The van der Waals surface area contributed by atoms with E-state index in [1.54, 1.807) is 36.4 Å². The minimum atomic E-state index is -0.934. The van der Waals surface area contributed by atoms with E-state index < -0.39 is 5.97 Å². The summed E-state index contributed by atoms with van der Waals surface area (Å²) in [4.78, 5) is 28.2. The molecular formula is C44H70Cl4N4O5. The van der Waals surface area contributed by atoms with Gasteiger partial charge in [0, 0.05) is 67.1 Å². The number of nitrogens with two attached hydrogens (primary N) is 1. The number of hydrogen-bond donors (Lipinski definition) is 3. The van der Waals surface area contributed by atoms with Gasteiger partial charge in [-0.05, 0) is 151 Å². The molecule has 57 heavy (non-hydrogen) atoms. The third-order valence-corrected chi connectivity index (χ3v) is 12.2. The molecule has 2 aliphatic heterocycles. The van der Waals surface area contributed by atoms with Gasteiger partial charge in [0.15, 0.2) is 0 Å². The lowest BCUT2D eigenvalue weighted by Gasteiger charge is -2.39. The first-order valence-corrected chi connectivity index (χ1v) is 21.8. The summed E-state index contributed by atoms with van der Waals surface area (Å²) in [5, 5.41) is 12.9. The summed E-state index contributed by atoms with van der Waals surface area (Å²) in [7, 11) is 0. The number of hydrogen-bond acceptors (Lipinski definition) is 7. The normalized spacial score (nSPS) is 25.2. The van der Waals surface area contributed by atoms with Crippen LogP contribution >= 0.6 is 48.0 Å². The van der Waals surface area contributed by atoms with E-state index in [-0.39, 0.29) is 42.3 Å². The van der Waals surface area contributed by atoms with Crippen LogP contribution in [-0.4, -0.2) is 105 Å². The Morgan fingerprint density at radius 2 is 1.14 bits per heavy atom. The van der Waals surface area contributed by atoms with Crippen molar-refractivity contribution in [1.29, 1.82) is 0 Å². The van der Waals surface area contributed by atoms with Crippen LogP contribution in [0.4, 0.5) is 0 Å². The van der Waals surface area contributed by atoms with Crippen LogP contribution in [0.5, 0.6) is 0 Å². The fraction of sp³-hybridized carbons (Fsp3) is 0.682. The van der Waals surface area contributed by atoms with Gasteiger partial charge in [-0.25, -0.2) is 4.79 Å². The average Bonchev–Trinajstić information content (AvgIpc) is 3.19. The van der Waals surface area contributed by atoms with Crippen molar-refractivity contribution in [2.24, 2.45) is 29.4 Å². The molecule has 4 fully saturated rings. The van der Waals surface area contributed by atoms with Crippen LogP contribution < -0.4 is 11.1 Å². The van der Waals surface area contributed by atoms with Gasteiger partial charge in [0.1, 0.15) is 0 Å². The molecule has 2 saturated carbocycles. The van der Waals surface area contributed by atoms with Crippen LogP contribution in [-0.2, 0) is 9.47 Å². The number of nitrogens with zero attached hydrogens (tertiary/aromatic N) is 2. The van der Waals surface area contributed by atoms with Gasteiger partial charge < -0.3 is 35.4 Å². The van der Waals surface area contributed by atoms with Gasteiger partial charge in [-0.2, -0.15) is 0 Å². The number of carbonyl (C=O) groups excluding carboxylic acids is 1. The van der Waals surface area contributed by atoms with E-state index >= 15 is 0 Å². The Morgan fingerprint density at radius 1 is 0.684 bits per heavy atom. The third-order valence-electron chi connectivity index (χ3n) is 11.7. The number of likely N-dealkylation sites (tertiary alicyclic amines) is 2. The van der Waals surface area contributed by atoms with Gasteiger partial charge >= 0.3 is 5.97 Å². The topological polar surface area (TPSA) is 117 Å². The Balaban J connectivity index is 0.000000322. The first-order valence-electron chi connectivity index (χ1n) is 21.1. The van der Waals surface area contributed by atoms with Crippen LogP contribution in [0, 0.1) is 23.7 Å². The Labute approximate surface area is 365 Å². The van der Waals surface area contributed by atoms with E-state index in [4.69, 9.17) is 43.5 Å². The zero-order valence-electron chi connectivity index (χ0n) is 34.3. The van der Waals surface area contributed by atoms with E-state index in [0.29, 0.717) is 33.5 Å². The maximum atomic E-state index is 12.6. The van der Waals surface area contributed by atoms with Gasteiger partial charge in [-0.1, -0.05) is 48.9 Å². The van der Waals surface area contributed by atoms with E-state index in [2.05, 4.69) is 29.0 Å². The predicted molar refractivity (Wildman–Crippen MR) is 239 cm³/mol. The van der Waals surface area contributed by atoms with Crippen LogP contribution in [0.3, 0.4) is 0 Å². The molecule has 1 amide bonds. The number of carboxylic acid groups (broad SMARTS) is 1. The number of carboxylic acids is 1. The molecule has 6 atom stereocenters. The number of amides is 1. The zero-order valence-corrected chi connectivity index (χ0v) is 37.4. The van der Waals surface area contributed by atoms with Crippen molar-refractivity contribution in [3.63, 3.8) is 0 Å². The highest BCUT2D eigenvalue weighted by Crippen LogP contribution is 2.29. The zero-order chi connectivity index (χ0) is 39.4. The quantitative estimate of drug-likeness (QED) is 0.182. The Bertz CT molecular complexity index is 1390. The van der Waals surface area contributed by atoms with E-state index in [1.807, 2.05) is 0 Å². The molecule has 2 saturated heterocycles. The van der Waals surface area contributed by atoms with Crippen molar-refractivity contribution in [2.45, 2.75) is 103 Å². The van der Waals surface area contributed by atoms with Crippen LogP contribution in [0.15, 0.2) is 48.5 Å². The smallest absolute Gasteiger partial charge is 0.335 e. The summed E-state index contributed by atoms with van der Waals surface area (Å²) in [5.41, 5.74) is 7.21. The number of aromatic carboxylic acids is 1. The first-order chi connectivity index (χ1) is 26.6. The van der Waals surface area contributed by atoms with Crippen molar-refractivity contribution in [1.82, 2.24) is 15.1 Å². The van der Waals surface area contributed by atoms with Crippen LogP contribution in [0.25, 0.3) is 0 Å². The van der Waals surface area contributed by atoms with Gasteiger partial charge in [-0.15, -0.1) is 24.8 Å². The minimum Gasteiger partial charge on any atom is -0.478 e. The number of piperidine rings is 2. The van der Waals surface area contributed by atoms with E-state index in [0.717, 1.165) is 57.8 Å². The fourth-order valence-electron chi connectivity index (χ4n) is 8.66. The first kappa shape index (κ1) is 51.5. The maximum Gasteiger partial charge on any atom is 0.335 e. The molecule has 6 rings (SSSR count). The lowest BCUT2D eigenvalue weighted by Crippen LogP contribution is -2.48. The van der Waals surface area contributed by atoms with Crippen molar-refractivity contribution < 1.29 is 24.2 Å². The fourth-order valence-corrected chi connectivity index (χ4v) is 8.92. The van der Waals surface area contributed by atoms with Crippen molar-refractivity contribution in [3.05, 3.63) is 69.7 Å². The maximum absolute atomic E-state index is 12.6. The summed E-state index contributed by atoms with van der Waals surface area (Å²) in [5.74, 6) is 1.78. The summed E-state index contributed by atoms with van der Waals surface area (Å²) in [6, 6.07) is 13.9. The summed E-state index contributed by atoms with van der Waals surface area (Å²) >= 11 is 11.5. The number of rotatable bonds is 13. The largest absolute Gasteiger partial charge is 0.478 e. The molecular weight excluding hydrogens is 806 g/mol. The molecule has 0 unspecified atom stereocenters. The highest BCUT2D eigenvalue weighted by molar-refractivity contribution is 6.31. The lowest BCUT2D eigenvalue weighted by molar-refractivity contribution is 0.0548. The number of halogens is 4. The van der Waals surface area contributed by atoms with Gasteiger partial charge in [-0.3, -0.25) is 4.79 Å². The van der Waals surface area contributed by atoms with E-state index in [9.17, 15) is 9.59 Å². The second kappa shape index (κ2) is 28.7. The molecule has 0 bridgehead atoms. The molecule has 2 aromatic rings. The average molecular weight is 877 g/mol. The minimum absolute atomic E-state index is 0. The molecule has 13 heteroatoms. The molecule has 0 spiro atoms. The van der Waals surface area contributed by atoms with Crippen molar-refractivity contribution >= 4 is 59.9 Å². The SMILES string of the molecule is CCOC[C@@H]1CCCN(C[C@H]2CCCC[C@@H]2N)C1.CCOC[C@@H]1CCCN(C[C@H]2CCCC[C@@H]2NC(=O)c2ccc(Cl)cc2)C1.Cl.Cl.O=C(O)c1ccc(Cl)cc1. The summed E-state index contributed by atoms with van der Waals surface area (Å²) < 4.78 is 11.2. The van der Waals surface area contributed by atoms with Gasteiger partial charge in [0.2, 0.25) is 0 Å². The molecule has 324 valence electrons. The summed E-state index contributed by atoms with van der Waals surface area (Å²) in [6.45, 7) is 14.8. The number of carbonyl (C=O) groups is 2. The highest BCUT2D eigenvalue weighted by Gasteiger charge is 2.31. The second-order valence-corrected chi connectivity index (χ2v) is 16.9. The van der Waals surface area contributed by atoms with Crippen molar-refractivity contribution in [2.75, 3.05) is 65.7 Å². The number of benzene rings is 2. The molecule has 2 aromatic carbocycles. The van der Waals surface area contributed by atoms with Gasteiger partial charge in [0.05, 0.1) is 18.8 Å². The Kier molecular flexibility index (Phi) is 26.0.